The molecule has 12 nitrogen and oxygen atoms in total. The van der Waals surface area contributed by atoms with E-state index < -0.39 is 47.9 Å². The van der Waals surface area contributed by atoms with Crippen LogP contribution in [-0.2, 0) is 25.6 Å². The van der Waals surface area contributed by atoms with E-state index >= 15 is 0 Å². The Balaban J connectivity index is 2.11. The maximum atomic E-state index is 13.4. The first-order valence-electron chi connectivity index (χ1n) is 11.6. The third-order valence-corrected chi connectivity index (χ3v) is 5.76. The number of nitrogens with one attached hydrogen (secondary N) is 2. The van der Waals surface area contributed by atoms with E-state index in [1.54, 1.807) is 0 Å². The first kappa shape index (κ1) is 27.6. The molecule has 0 spiro atoms. The number of hydrogen-bond acceptors (Lipinski definition) is 6. The molecule has 0 bridgehead atoms. The summed E-state index contributed by atoms with van der Waals surface area (Å²) in [4.78, 5) is 55.3. The Hall–Kier alpha value is -3.67. The normalized spacial score (nSPS) is 17.7. The van der Waals surface area contributed by atoms with Gasteiger partial charge in [-0.2, -0.15) is 0 Å². The molecule has 3 amide bonds. The van der Waals surface area contributed by atoms with Gasteiger partial charge < -0.3 is 37.8 Å². The van der Waals surface area contributed by atoms with Crippen LogP contribution >= 0.6 is 0 Å². The number of guanidine groups is 1. The van der Waals surface area contributed by atoms with E-state index in [-0.39, 0.29) is 18.9 Å². The number of benzene rings is 1. The molecule has 4 unspecified atom stereocenters. The molecule has 0 aliphatic carbocycles. The van der Waals surface area contributed by atoms with E-state index in [0.717, 1.165) is 5.56 Å². The molecule has 1 heterocycles. The summed E-state index contributed by atoms with van der Waals surface area (Å²) in [6.45, 7) is 1.93. The average molecular weight is 490 g/mol. The Morgan fingerprint density at radius 3 is 2.49 bits per heavy atom. The van der Waals surface area contributed by atoms with Gasteiger partial charge in [-0.1, -0.05) is 30.3 Å². The highest BCUT2D eigenvalue weighted by Crippen LogP contribution is 2.20. The Kier molecular flexibility index (Phi) is 10.5. The number of hydrogen-bond donors (Lipinski definition) is 6. The molecule has 12 heteroatoms. The molecule has 0 saturated carbocycles. The zero-order chi connectivity index (χ0) is 26.0. The quantitative estimate of drug-likeness (QED) is 0.118. The summed E-state index contributed by atoms with van der Waals surface area (Å²) in [5, 5.41) is 14.2. The van der Waals surface area contributed by atoms with Crippen molar-refractivity contribution in [2.45, 2.75) is 63.2 Å². The van der Waals surface area contributed by atoms with Crippen molar-refractivity contribution in [3.8, 4) is 0 Å². The number of nitrogens with two attached hydrogens (primary N) is 3. The molecule has 0 aromatic heterocycles. The Morgan fingerprint density at radius 1 is 1.17 bits per heavy atom. The Morgan fingerprint density at radius 2 is 1.86 bits per heavy atom. The molecule has 4 atom stereocenters. The molecule has 0 radical (unpaired) electrons. The van der Waals surface area contributed by atoms with Crippen LogP contribution in [0.2, 0.25) is 0 Å². The van der Waals surface area contributed by atoms with E-state index in [0.29, 0.717) is 32.2 Å². The highest BCUT2D eigenvalue weighted by atomic mass is 16.4. The van der Waals surface area contributed by atoms with Gasteiger partial charge in [0.25, 0.3) is 0 Å². The second-order valence-corrected chi connectivity index (χ2v) is 8.56. The summed E-state index contributed by atoms with van der Waals surface area (Å²) in [5.74, 6) is -2.72. The van der Waals surface area contributed by atoms with E-state index in [1.165, 1.54) is 11.8 Å². The molecular formula is C23H35N7O5. The zero-order valence-electron chi connectivity index (χ0n) is 19.9. The second-order valence-electron chi connectivity index (χ2n) is 8.56. The molecule has 1 saturated heterocycles. The third kappa shape index (κ3) is 8.56. The number of nitrogens with zero attached hydrogens (tertiary/aromatic N) is 2. The minimum absolute atomic E-state index is 0.0781. The van der Waals surface area contributed by atoms with Gasteiger partial charge in [-0.05, 0) is 44.6 Å². The van der Waals surface area contributed by atoms with E-state index in [9.17, 15) is 19.2 Å². The van der Waals surface area contributed by atoms with Crippen LogP contribution in [-0.4, -0.2) is 76.9 Å². The largest absolute Gasteiger partial charge is 0.480 e. The summed E-state index contributed by atoms with van der Waals surface area (Å²) in [6, 6.07) is 5.54. The van der Waals surface area contributed by atoms with E-state index in [2.05, 4.69) is 15.6 Å². The van der Waals surface area contributed by atoms with Gasteiger partial charge in [0.1, 0.15) is 18.1 Å². The van der Waals surface area contributed by atoms with Crippen LogP contribution < -0.4 is 27.8 Å². The smallest absolute Gasteiger partial charge is 0.325 e. The van der Waals surface area contributed by atoms with Gasteiger partial charge in [-0.15, -0.1) is 0 Å². The Labute approximate surface area is 204 Å². The van der Waals surface area contributed by atoms with Crippen molar-refractivity contribution in [2.75, 3.05) is 13.1 Å². The molecule has 35 heavy (non-hydrogen) atoms. The summed E-state index contributed by atoms with van der Waals surface area (Å²) >= 11 is 0. The van der Waals surface area contributed by atoms with Crippen LogP contribution in [0.3, 0.4) is 0 Å². The first-order chi connectivity index (χ1) is 16.6. The fraction of sp³-hybridized carbons (Fsp3) is 0.522. The van der Waals surface area contributed by atoms with Gasteiger partial charge in [0.15, 0.2) is 5.96 Å². The zero-order valence-corrected chi connectivity index (χ0v) is 19.9. The fourth-order valence-corrected chi connectivity index (χ4v) is 3.87. The van der Waals surface area contributed by atoms with E-state index in [4.69, 9.17) is 22.3 Å². The van der Waals surface area contributed by atoms with Crippen LogP contribution in [0.25, 0.3) is 0 Å². The standard InChI is InChI=1S/C23H35N7O5/c1-14(22(34)35)28-20(32)18-10-6-12-30(18)21(33)17(9-5-11-27-23(25)26)29-19(31)16(24)13-15-7-3-2-4-8-15/h2-4,7-8,14,16-18H,5-6,9-13,24H2,1H3,(H,28,32)(H,29,31)(H,34,35)(H4,25,26,27). The van der Waals surface area contributed by atoms with Gasteiger partial charge in [0, 0.05) is 13.1 Å². The fourth-order valence-electron chi connectivity index (χ4n) is 3.87. The van der Waals surface area contributed by atoms with Crippen molar-refractivity contribution < 1.29 is 24.3 Å². The number of carboxylic acids is 1. The number of carboxylic acid groups (broad SMARTS) is 1. The van der Waals surface area contributed by atoms with Crippen molar-refractivity contribution in [3.05, 3.63) is 35.9 Å². The van der Waals surface area contributed by atoms with Gasteiger partial charge in [-0.25, -0.2) is 0 Å². The van der Waals surface area contributed by atoms with Crippen LogP contribution in [0.5, 0.6) is 0 Å². The molecule has 1 aromatic rings. The van der Waals surface area contributed by atoms with Gasteiger partial charge in [0.2, 0.25) is 17.7 Å². The Bertz CT molecular complexity index is 920. The molecule has 2 rings (SSSR count). The minimum Gasteiger partial charge on any atom is -0.480 e. The predicted molar refractivity (Wildman–Crippen MR) is 130 cm³/mol. The molecule has 9 N–H and O–H groups in total. The van der Waals surface area contributed by atoms with Gasteiger partial charge in [-0.3, -0.25) is 24.2 Å². The van der Waals surface area contributed by atoms with Crippen LogP contribution in [0.15, 0.2) is 35.3 Å². The van der Waals surface area contributed by atoms with E-state index in [1.807, 2.05) is 30.3 Å². The third-order valence-electron chi connectivity index (χ3n) is 5.76. The molecule has 1 fully saturated rings. The lowest BCUT2D eigenvalue weighted by Gasteiger charge is -2.29. The SMILES string of the molecule is CC(NC(=O)C1CCCN1C(=O)C(CCCN=C(N)N)NC(=O)C(N)Cc1ccccc1)C(=O)O. The number of aliphatic imine (C=N–C) groups is 1. The minimum atomic E-state index is -1.17. The van der Waals surface area contributed by atoms with Crippen molar-refractivity contribution in [2.24, 2.45) is 22.2 Å². The number of aliphatic carboxylic acids is 1. The molecular weight excluding hydrogens is 454 g/mol. The lowest BCUT2D eigenvalue weighted by molar-refractivity contribution is -0.144. The number of amides is 3. The first-order valence-corrected chi connectivity index (χ1v) is 11.6. The maximum Gasteiger partial charge on any atom is 0.325 e. The summed E-state index contributed by atoms with van der Waals surface area (Å²) in [6.07, 6.45) is 1.90. The lowest BCUT2D eigenvalue weighted by Crippen LogP contribution is -2.56. The summed E-state index contributed by atoms with van der Waals surface area (Å²) < 4.78 is 0. The molecule has 1 aromatic carbocycles. The van der Waals surface area contributed by atoms with Crippen LogP contribution in [0.1, 0.15) is 38.2 Å². The highest BCUT2D eigenvalue weighted by Gasteiger charge is 2.38. The summed E-state index contributed by atoms with van der Waals surface area (Å²) in [5.41, 5.74) is 17.7. The molecule has 192 valence electrons. The lowest BCUT2D eigenvalue weighted by atomic mass is 10.0. The van der Waals surface area contributed by atoms with Crippen molar-refractivity contribution >= 4 is 29.7 Å². The monoisotopic (exact) mass is 489 g/mol. The van der Waals surface area contributed by atoms with Crippen molar-refractivity contribution in [1.82, 2.24) is 15.5 Å². The van der Waals surface area contributed by atoms with Crippen LogP contribution in [0, 0.1) is 0 Å². The maximum absolute atomic E-state index is 13.4. The topological polar surface area (TPSA) is 206 Å². The molecule has 1 aliphatic rings. The van der Waals surface area contributed by atoms with Gasteiger partial charge in [0.05, 0.1) is 6.04 Å². The number of carbonyl (C=O) groups is 4. The average Bonchev–Trinajstić information content (AvgIpc) is 3.31. The van der Waals surface area contributed by atoms with Crippen molar-refractivity contribution in [3.63, 3.8) is 0 Å². The molecule has 1 aliphatic heterocycles. The van der Waals surface area contributed by atoms with Gasteiger partial charge >= 0.3 is 5.97 Å². The predicted octanol–water partition coefficient (Wildman–Crippen LogP) is -1.32. The summed E-state index contributed by atoms with van der Waals surface area (Å²) in [7, 11) is 0. The highest BCUT2D eigenvalue weighted by molar-refractivity contribution is 5.94. The number of carbonyl (C=O) groups excluding carboxylic acids is 3. The number of rotatable bonds is 12. The van der Waals surface area contributed by atoms with Crippen molar-refractivity contribution in [1.29, 1.82) is 0 Å². The second kappa shape index (κ2) is 13.3. The van der Waals surface area contributed by atoms with Crippen LogP contribution in [0.4, 0.5) is 0 Å². The number of likely N-dealkylation sites (tertiary alicyclic amines) is 1.